The summed E-state index contributed by atoms with van der Waals surface area (Å²) < 4.78 is 19.0. The number of halogens is 1. The van der Waals surface area contributed by atoms with Crippen molar-refractivity contribution < 1.29 is 13.9 Å². The Hall–Kier alpha value is -2.74. The van der Waals surface area contributed by atoms with Crippen LogP contribution in [0.25, 0.3) is 0 Å². The molecule has 2 aliphatic heterocycles. The molecule has 0 radical (unpaired) electrons. The lowest BCUT2D eigenvalue weighted by atomic mass is 9.89. The summed E-state index contributed by atoms with van der Waals surface area (Å²) in [6, 6.07) is 8.19. The lowest BCUT2D eigenvalue weighted by Crippen LogP contribution is -2.37. The maximum absolute atomic E-state index is 13.9. The highest BCUT2D eigenvalue weighted by Crippen LogP contribution is 2.45. The minimum Gasteiger partial charge on any atom is -0.375 e. The number of carbonyl (C=O) groups is 1. The van der Waals surface area contributed by atoms with Gasteiger partial charge in [-0.3, -0.25) is 4.79 Å². The molecule has 148 valence electrons. The number of hydrogen-bond acceptors (Lipinski definition) is 6. The summed E-state index contributed by atoms with van der Waals surface area (Å²) in [7, 11) is 3.34. The molecule has 3 atom stereocenters. The van der Waals surface area contributed by atoms with Crippen LogP contribution in [0.15, 0.2) is 36.5 Å². The van der Waals surface area contributed by atoms with Gasteiger partial charge in [0.1, 0.15) is 18.2 Å². The molecule has 0 bridgehead atoms. The van der Waals surface area contributed by atoms with E-state index < -0.39 is 0 Å². The van der Waals surface area contributed by atoms with Crippen molar-refractivity contribution in [2.45, 2.75) is 6.04 Å². The molecule has 1 N–H and O–H groups in total. The smallest absolute Gasteiger partial charge is 0.249 e. The number of fused-ring (bicyclic) bond motifs is 1. The number of ether oxygens (including phenoxy) is 1. The zero-order chi connectivity index (χ0) is 19.7. The molecule has 2 saturated heterocycles. The lowest BCUT2D eigenvalue weighted by molar-refractivity contribution is -0.136. The largest absolute Gasteiger partial charge is 0.375 e. The molecule has 2 aliphatic rings. The predicted molar refractivity (Wildman–Crippen MR) is 104 cm³/mol. The molecule has 1 amide bonds. The van der Waals surface area contributed by atoms with E-state index in [1.165, 1.54) is 19.2 Å². The normalized spacial score (nSPS) is 23.8. The van der Waals surface area contributed by atoms with Crippen LogP contribution in [0.2, 0.25) is 0 Å². The fraction of sp³-hybridized carbons (Fsp3) is 0.450. The van der Waals surface area contributed by atoms with Crippen molar-refractivity contribution in [3.05, 3.63) is 47.9 Å². The molecule has 8 heteroatoms. The highest BCUT2D eigenvalue weighted by atomic mass is 19.1. The first-order valence-corrected chi connectivity index (χ1v) is 9.40. The Morgan fingerprint density at radius 2 is 2.18 bits per heavy atom. The van der Waals surface area contributed by atoms with Gasteiger partial charge in [-0.05, 0) is 23.8 Å². The first-order valence-electron chi connectivity index (χ1n) is 9.40. The van der Waals surface area contributed by atoms with Gasteiger partial charge in [-0.25, -0.2) is 9.37 Å². The number of anilines is 2. The Morgan fingerprint density at radius 1 is 1.32 bits per heavy atom. The van der Waals surface area contributed by atoms with E-state index in [2.05, 4.69) is 20.2 Å². The van der Waals surface area contributed by atoms with Gasteiger partial charge in [-0.2, -0.15) is 4.98 Å². The second-order valence-corrected chi connectivity index (χ2v) is 7.30. The van der Waals surface area contributed by atoms with Gasteiger partial charge in [0.2, 0.25) is 11.9 Å². The standard InChI is InChI=1S/C20H24FN5O2/c1-22-17-6-7-23-20(24-17)25-9-14-10-26(18(27)12-28-2)19(16(14)11-25)13-4-3-5-15(21)8-13/h3-8,14,16,19H,9-12H2,1-2H3,(H,22,23,24)/t14-,16-,19+/m1/s1. The molecule has 2 fully saturated rings. The third kappa shape index (κ3) is 3.40. The Labute approximate surface area is 163 Å². The van der Waals surface area contributed by atoms with Crippen molar-refractivity contribution in [1.82, 2.24) is 14.9 Å². The van der Waals surface area contributed by atoms with Crippen LogP contribution in [0.4, 0.5) is 16.2 Å². The molecule has 7 nitrogen and oxygen atoms in total. The van der Waals surface area contributed by atoms with Gasteiger partial charge in [0.25, 0.3) is 0 Å². The van der Waals surface area contributed by atoms with Crippen LogP contribution >= 0.6 is 0 Å². The number of methoxy groups -OCH3 is 1. The number of likely N-dealkylation sites (tertiary alicyclic amines) is 1. The number of aromatic nitrogens is 2. The first kappa shape index (κ1) is 18.6. The number of carbonyl (C=O) groups excluding carboxylic acids is 1. The molecular weight excluding hydrogens is 361 g/mol. The van der Waals surface area contributed by atoms with E-state index >= 15 is 0 Å². The number of nitrogens with zero attached hydrogens (tertiary/aromatic N) is 4. The zero-order valence-electron chi connectivity index (χ0n) is 16.0. The minimum atomic E-state index is -0.292. The summed E-state index contributed by atoms with van der Waals surface area (Å²) in [5.41, 5.74) is 0.823. The molecule has 0 aliphatic carbocycles. The van der Waals surface area contributed by atoms with E-state index in [0.717, 1.165) is 24.5 Å². The third-order valence-corrected chi connectivity index (χ3v) is 5.62. The topological polar surface area (TPSA) is 70.6 Å². The van der Waals surface area contributed by atoms with Crippen LogP contribution in [-0.2, 0) is 9.53 Å². The van der Waals surface area contributed by atoms with Crippen LogP contribution in [-0.4, -0.2) is 61.2 Å². The summed E-state index contributed by atoms with van der Waals surface area (Å²) in [6.07, 6.45) is 1.74. The lowest BCUT2D eigenvalue weighted by Gasteiger charge is -2.30. The molecule has 28 heavy (non-hydrogen) atoms. The van der Waals surface area contributed by atoms with Gasteiger partial charge in [-0.15, -0.1) is 0 Å². The Bertz CT molecular complexity index is 864. The molecule has 4 rings (SSSR count). The number of hydrogen-bond donors (Lipinski definition) is 1. The van der Waals surface area contributed by atoms with Gasteiger partial charge >= 0.3 is 0 Å². The molecule has 0 spiro atoms. The van der Waals surface area contributed by atoms with E-state index in [1.54, 1.807) is 12.3 Å². The van der Waals surface area contributed by atoms with Crippen LogP contribution in [0.5, 0.6) is 0 Å². The summed E-state index contributed by atoms with van der Waals surface area (Å²) in [6.45, 7) is 2.13. The number of amides is 1. The van der Waals surface area contributed by atoms with Crippen molar-refractivity contribution in [3.8, 4) is 0 Å². The fourth-order valence-electron chi connectivity index (χ4n) is 4.43. The summed E-state index contributed by atoms with van der Waals surface area (Å²) in [5, 5.41) is 3.03. The van der Waals surface area contributed by atoms with Gasteiger partial charge in [-0.1, -0.05) is 12.1 Å². The number of rotatable bonds is 5. The third-order valence-electron chi connectivity index (χ3n) is 5.62. The number of benzene rings is 1. The van der Waals surface area contributed by atoms with Gasteiger partial charge in [0.05, 0.1) is 6.04 Å². The van der Waals surface area contributed by atoms with Crippen LogP contribution in [0.3, 0.4) is 0 Å². The predicted octanol–water partition coefficient (Wildman–Crippen LogP) is 1.94. The zero-order valence-corrected chi connectivity index (χ0v) is 16.0. The van der Waals surface area contributed by atoms with Crippen LogP contribution < -0.4 is 10.2 Å². The molecule has 1 aromatic heterocycles. The summed E-state index contributed by atoms with van der Waals surface area (Å²) in [4.78, 5) is 25.6. The van der Waals surface area contributed by atoms with Gasteiger partial charge in [0, 0.05) is 51.8 Å². The maximum atomic E-state index is 13.9. The quantitative estimate of drug-likeness (QED) is 0.848. The van der Waals surface area contributed by atoms with Crippen molar-refractivity contribution in [3.63, 3.8) is 0 Å². The van der Waals surface area contributed by atoms with Gasteiger partial charge < -0.3 is 19.9 Å². The summed E-state index contributed by atoms with van der Waals surface area (Å²) >= 11 is 0. The Morgan fingerprint density at radius 3 is 2.93 bits per heavy atom. The molecule has 0 saturated carbocycles. The van der Waals surface area contributed by atoms with E-state index in [-0.39, 0.29) is 36.2 Å². The number of nitrogens with one attached hydrogen (secondary N) is 1. The monoisotopic (exact) mass is 385 g/mol. The molecule has 0 unspecified atom stereocenters. The SMILES string of the molecule is CNc1ccnc(N2C[C@@H]3CN(C(=O)COC)[C@@H](c4cccc(F)c4)[C@@H]3C2)n1. The first-order chi connectivity index (χ1) is 13.6. The average Bonchev–Trinajstić information content (AvgIpc) is 3.26. The fourth-order valence-corrected chi connectivity index (χ4v) is 4.43. The van der Waals surface area contributed by atoms with Crippen molar-refractivity contribution >= 4 is 17.7 Å². The maximum Gasteiger partial charge on any atom is 0.249 e. The van der Waals surface area contributed by atoms with E-state index in [0.29, 0.717) is 12.5 Å². The molecule has 3 heterocycles. The second-order valence-electron chi connectivity index (χ2n) is 7.30. The van der Waals surface area contributed by atoms with E-state index in [4.69, 9.17) is 4.74 Å². The summed E-state index contributed by atoms with van der Waals surface area (Å²) in [5.74, 6) is 1.54. The molecule has 2 aromatic rings. The average molecular weight is 385 g/mol. The molecular formula is C20H24FN5O2. The van der Waals surface area contributed by atoms with Crippen LogP contribution in [0.1, 0.15) is 11.6 Å². The van der Waals surface area contributed by atoms with Crippen molar-refractivity contribution in [2.24, 2.45) is 11.8 Å². The second kappa shape index (κ2) is 7.71. The Kier molecular flexibility index (Phi) is 5.13. The van der Waals surface area contributed by atoms with E-state index in [1.807, 2.05) is 24.1 Å². The molecule has 1 aromatic carbocycles. The minimum absolute atomic E-state index is 0.0301. The van der Waals surface area contributed by atoms with E-state index in [9.17, 15) is 9.18 Å². The van der Waals surface area contributed by atoms with Crippen molar-refractivity contribution in [1.29, 1.82) is 0 Å². The highest BCUT2D eigenvalue weighted by molar-refractivity contribution is 5.78. The Balaban J connectivity index is 1.62. The van der Waals surface area contributed by atoms with Gasteiger partial charge in [0.15, 0.2) is 0 Å². The highest BCUT2D eigenvalue weighted by Gasteiger charge is 2.49. The van der Waals surface area contributed by atoms with Crippen LogP contribution in [0, 0.1) is 17.7 Å². The van der Waals surface area contributed by atoms with Crippen molar-refractivity contribution in [2.75, 3.05) is 50.6 Å².